The van der Waals surface area contributed by atoms with Crippen LogP contribution in [0.2, 0.25) is 0 Å². The highest BCUT2D eigenvalue weighted by Crippen LogP contribution is 2.41. The average molecular weight is 566 g/mol. The van der Waals surface area contributed by atoms with Gasteiger partial charge in [-0.05, 0) is 74.7 Å². The summed E-state index contributed by atoms with van der Waals surface area (Å²) in [6, 6.07) is 7.14. The lowest BCUT2D eigenvalue weighted by molar-refractivity contribution is -0.153. The van der Waals surface area contributed by atoms with Crippen molar-refractivity contribution in [1.29, 1.82) is 0 Å². The Morgan fingerprint density at radius 1 is 1.21 bits per heavy atom. The predicted molar refractivity (Wildman–Crippen MR) is 142 cm³/mol. The first-order valence-electron chi connectivity index (χ1n) is 12.7. The van der Waals surface area contributed by atoms with Crippen LogP contribution in [0.25, 0.3) is 10.9 Å². The molecule has 0 radical (unpaired) electrons. The predicted octanol–water partition coefficient (Wildman–Crippen LogP) is 5.87. The lowest BCUT2D eigenvalue weighted by atomic mass is 9.74. The summed E-state index contributed by atoms with van der Waals surface area (Å²) >= 11 is 1.20. The molecule has 11 heteroatoms. The first-order valence-corrected chi connectivity index (χ1v) is 13.7. The van der Waals surface area contributed by atoms with Crippen molar-refractivity contribution in [2.24, 2.45) is 11.1 Å². The Morgan fingerprint density at radius 2 is 1.90 bits per heavy atom. The molecule has 1 aliphatic heterocycles. The van der Waals surface area contributed by atoms with Gasteiger partial charge >= 0.3 is 5.97 Å². The number of carboxylic acids is 1. The van der Waals surface area contributed by atoms with E-state index in [-0.39, 0.29) is 24.3 Å². The molecule has 0 saturated carbocycles. The number of likely N-dealkylation sites (tertiary alicyclic amines) is 1. The third-order valence-electron chi connectivity index (χ3n) is 7.51. The maximum absolute atomic E-state index is 15.8. The van der Waals surface area contributed by atoms with Gasteiger partial charge in [-0.15, -0.1) is 11.8 Å². The Balaban J connectivity index is 1.38. The van der Waals surface area contributed by atoms with Crippen molar-refractivity contribution in [2.45, 2.75) is 43.3 Å². The number of pyridine rings is 1. The Labute approximate surface area is 228 Å². The number of piperidine rings is 1. The highest BCUT2D eigenvalue weighted by Gasteiger charge is 2.41. The lowest BCUT2D eigenvalue weighted by Crippen LogP contribution is -2.45. The number of nitrogens with zero attached hydrogens (tertiary/aromatic N) is 2. The number of carbonyl (C=O) groups is 1. The van der Waals surface area contributed by atoms with Crippen molar-refractivity contribution in [1.82, 2.24) is 9.88 Å². The summed E-state index contributed by atoms with van der Waals surface area (Å²) in [5, 5.41) is 10.7. The molecule has 210 valence electrons. The van der Waals surface area contributed by atoms with Gasteiger partial charge in [0.05, 0.1) is 18.0 Å². The van der Waals surface area contributed by atoms with Gasteiger partial charge in [-0.1, -0.05) is 0 Å². The molecule has 39 heavy (non-hydrogen) atoms. The molecule has 0 spiro atoms. The van der Waals surface area contributed by atoms with Crippen molar-refractivity contribution >= 4 is 28.6 Å². The number of fused-ring (bicyclic) bond motifs is 1. The number of rotatable bonds is 11. The molecule has 1 aromatic heterocycles. The van der Waals surface area contributed by atoms with Gasteiger partial charge in [-0.2, -0.15) is 0 Å². The second kappa shape index (κ2) is 12.5. The van der Waals surface area contributed by atoms with Gasteiger partial charge in [0.2, 0.25) is 0 Å². The van der Waals surface area contributed by atoms with Crippen LogP contribution in [0.5, 0.6) is 5.75 Å². The Morgan fingerprint density at radius 3 is 2.51 bits per heavy atom. The van der Waals surface area contributed by atoms with Gasteiger partial charge in [0.15, 0.2) is 17.5 Å². The normalized spacial score (nSPS) is 16.4. The van der Waals surface area contributed by atoms with Crippen molar-refractivity contribution in [2.75, 3.05) is 32.5 Å². The average Bonchev–Trinajstić information content (AvgIpc) is 2.94. The van der Waals surface area contributed by atoms with E-state index in [1.807, 2.05) is 0 Å². The van der Waals surface area contributed by atoms with Gasteiger partial charge in [-0.25, -0.2) is 17.6 Å². The summed E-state index contributed by atoms with van der Waals surface area (Å²) in [4.78, 5) is 19.1. The third-order valence-corrected chi connectivity index (χ3v) is 8.46. The fourth-order valence-electron chi connectivity index (χ4n) is 5.12. The standard InChI is InChI=1S/C28H31F4N3O3S/c1-38-18-2-3-24-20(12-18)25(17(15-33)16-34-24)21(29)4-5-28(27(36)37)6-8-35(9-7-28)10-11-39-19-13-22(30)26(32)23(31)14-19/h2-3,12-14,16,21H,4-11,15,33H2,1H3,(H,36,37). The zero-order valence-electron chi connectivity index (χ0n) is 21.6. The van der Waals surface area contributed by atoms with E-state index in [9.17, 15) is 23.1 Å². The number of hydrogen-bond donors (Lipinski definition) is 2. The van der Waals surface area contributed by atoms with E-state index in [1.165, 1.54) is 18.9 Å². The van der Waals surface area contributed by atoms with Crippen molar-refractivity contribution in [3.8, 4) is 5.75 Å². The maximum atomic E-state index is 15.8. The van der Waals surface area contributed by atoms with Crippen LogP contribution in [0.1, 0.15) is 43.0 Å². The smallest absolute Gasteiger partial charge is 0.309 e. The number of aromatic nitrogens is 1. The Kier molecular flexibility index (Phi) is 9.35. The first-order chi connectivity index (χ1) is 18.7. The highest BCUT2D eigenvalue weighted by molar-refractivity contribution is 7.99. The number of methoxy groups -OCH3 is 1. The molecule has 3 N–H and O–H groups in total. The zero-order valence-corrected chi connectivity index (χ0v) is 22.4. The minimum atomic E-state index is -1.49. The molecule has 3 aromatic rings. The van der Waals surface area contributed by atoms with Crippen LogP contribution in [0.15, 0.2) is 41.4 Å². The largest absolute Gasteiger partial charge is 0.497 e. The van der Waals surface area contributed by atoms with Crippen molar-refractivity contribution in [3.63, 3.8) is 0 Å². The first kappa shape index (κ1) is 29.1. The summed E-state index contributed by atoms with van der Waals surface area (Å²) in [7, 11) is 1.53. The zero-order chi connectivity index (χ0) is 28.2. The molecule has 0 bridgehead atoms. The number of aliphatic carboxylic acids is 1. The second-order valence-corrected chi connectivity index (χ2v) is 10.9. The molecule has 1 atom stereocenters. The quantitative estimate of drug-likeness (QED) is 0.171. The number of ether oxygens (including phenoxy) is 1. The topological polar surface area (TPSA) is 88.7 Å². The summed E-state index contributed by atoms with van der Waals surface area (Å²) in [5.74, 6) is -3.84. The number of carboxylic acid groups (broad SMARTS) is 1. The molecule has 0 amide bonds. The Bertz CT molecular complexity index is 1310. The minimum Gasteiger partial charge on any atom is -0.497 e. The van der Waals surface area contributed by atoms with Crippen LogP contribution < -0.4 is 10.5 Å². The number of halogens is 4. The molecular formula is C28H31F4N3O3S. The molecule has 2 heterocycles. The fourth-order valence-corrected chi connectivity index (χ4v) is 6.08. The molecule has 1 aliphatic rings. The van der Waals surface area contributed by atoms with E-state index in [1.54, 1.807) is 24.4 Å². The highest BCUT2D eigenvalue weighted by atomic mass is 32.2. The maximum Gasteiger partial charge on any atom is 0.309 e. The summed E-state index contributed by atoms with van der Waals surface area (Å²) in [6.07, 6.45) is 1.03. The van der Waals surface area contributed by atoms with Crippen LogP contribution in [-0.4, -0.2) is 53.5 Å². The molecule has 2 aromatic carbocycles. The van der Waals surface area contributed by atoms with Gasteiger partial charge in [0.25, 0.3) is 0 Å². The minimum absolute atomic E-state index is 0.0210. The molecular weight excluding hydrogens is 534 g/mol. The van der Waals surface area contributed by atoms with Crippen molar-refractivity contribution in [3.05, 3.63) is 65.1 Å². The number of alkyl halides is 1. The van der Waals surface area contributed by atoms with Crippen LogP contribution in [0.3, 0.4) is 0 Å². The number of nitrogens with two attached hydrogens (primary N) is 1. The summed E-state index contributed by atoms with van der Waals surface area (Å²) in [6.45, 7) is 1.67. The fraction of sp³-hybridized carbons (Fsp3) is 0.429. The van der Waals surface area contributed by atoms with E-state index in [0.29, 0.717) is 66.0 Å². The van der Waals surface area contributed by atoms with Crippen LogP contribution in [-0.2, 0) is 11.3 Å². The van der Waals surface area contributed by atoms with Gasteiger partial charge in [-0.3, -0.25) is 9.78 Å². The molecule has 0 aliphatic carbocycles. The number of benzene rings is 2. The lowest BCUT2D eigenvalue weighted by Gasteiger charge is -2.39. The van der Waals surface area contributed by atoms with E-state index in [0.717, 1.165) is 12.1 Å². The van der Waals surface area contributed by atoms with E-state index >= 15 is 4.39 Å². The van der Waals surface area contributed by atoms with Gasteiger partial charge < -0.3 is 20.5 Å². The Hall–Kier alpha value is -2.89. The number of hydrogen-bond acceptors (Lipinski definition) is 6. The monoisotopic (exact) mass is 565 g/mol. The molecule has 1 fully saturated rings. The van der Waals surface area contributed by atoms with Gasteiger partial charge in [0.1, 0.15) is 11.9 Å². The van der Waals surface area contributed by atoms with E-state index in [4.69, 9.17) is 10.5 Å². The molecule has 1 saturated heterocycles. The number of thioether (sulfide) groups is 1. The van der Waals surface area contributed by atoms with Crippen LogP contribution in [0.4, 0.5) is 17.6 Å². The molecule has 1 unspecified atom stereocenters. The summed E-state index contributed by atoms with van der Waals surface area (Å²) < 4.78 is 61.1. The molecule has 4 rings (SSSR count). The van der Waals surface area contributed by atoms with Crippen LogP contribution >= 0.6 is 11.8 Å². The second-order valence-electron chi connectivity index (χ2n) is 9.77. The SMILES string of the molecule is COc1ccc2ncc(CN)c(C(F)CCC3(C(=O)O)CCN(CCSc4cc(F)c(F)c(F)c4)CC3)c2c1. The van der Waals surface area contributed by atoms with E-state index < -0.39 is 35.0 Å². The van der Waals surface area contributed by atoms with Crippen LogP contribution in [0, 0.1) is 22.9 Å². The summed E-state index contributed by atoms with van der Waals surface area (Å²) in [5.41, 5.74) is 6.43. The van der Waals surface area contributed by atoms with E-state index in [2.05, 4.69) is 9.88 Å². The van der Waals surface area contributed by atoms with Gasteiger partial charge in [0, 0.05) is 40.9 Å². The molecule has 6 nitrogen and oxygen atoms in total. The third kappa shape index (κ3) is 6.47. The van der Waals surface area contributed by atoms with Crippen molar-refractivity contribution < 1.29 is 32.2 Å².